The Balaban J connectivity index is 1.63. The van der Waals surface area contributed by atoms with Crippen molar-refractivity contribution in [2.45, 2.75) is 33.1 Å². The van der Waals surface area contributed by atoms with Crippen LogP contribution >= 0.6 is 11.3 Å². The zero-order chi connectivity index (χ0) is 26.7. The van der Waals surface area contributed by atoms with Gasteiger partial charge in [-0.15, -0.1) is 11.3 Å². The summed E-state index contributed by atoms with van der Waals surface area (Å²) in [6, 6.07) is 36.8. The molecule has 0 amide bonds. The average molecular weight is 524 g/mol. The van der Waals surface area contributed by atoms with Crippen molar-refractivity contribution < 1.29 is 0 Å². The minimum atomic E-state index is -0.0756. The maximum absolute atomic E-state index is 5.30. The van der Waals surface area contributed by atoms with Crippen molar-refractivity contribution in [3.8, 4) is 28.2 Å². The minimum Gasteiger partial charge on any atom is -0.291 e. The van der Waals surface area contributed by atoms with Crippen LogP contribution in [0.15, 0.2) is 103 Å². The summed E-state index contributed by atoms with van der Waals surface area (Å²) in [6.45, 7) is 8.93. The highest BCUT2D eigenvalue weighted by molar-refractivity contribution is 7.26. The van der Waals surface area contributed by atoms with Gasteiger partial charge < -0.3 is 0 Å². The van der Waals surface area contributed by atoms with Crippen LogP contribution in [-0.2, 0) is 5.41 Å². The van der Waals surface area contributed by atoms with Gasteiger partial charge in [0.15, 0.2) is 0 Å². The fourth-order valence-corrected chi connectivity index (χ4v) is 6.85. The quantitative estimate of drug-likeness (QED) is 0.231. The molecule has 0 saturated carbocycles. The van der Waals surface area contributed by atoms with Crippen LogP contribution in [0.25, 0.3) is 59.5 Å². The first-order valence-electron chi connectivity index (χ1n) is 13.4. The largest absolute Gasteiger partial charge is 0.291 e. The van der Waals surface area contributed by atoms with Crippen LogP contribution in [0.4, 0.5) is 0 Å². The molecule has 4 aromatic carbocycles. The van der Waals surface area contributed by atoms with Crippen LogP contribution < -0.4 is 0 Å². The lowest BCUT2D eigenvalue weighted by Gasteiger charge is -2.27. The zero-order valence-corrected chi connectivity index (χ0v) is 23.4. The fourth-order valence-electron chi connectivity index (χ4n) is 5.62. The number of rotatable bonds is 3. The molecule has 0 aliphatic heterocycles. The van der Waals surface area contributed by atoms with E-state index in [1.54, 1.807) is 11.3 Å². The molecule has 39 heavy (non-hydrogen) atoms. The summed E-state index contributed by atoms with van der Waals surface area (Å²) in [5.41, 5.74) is 9.06. The van der Waals surface area contributed by atoms with Gasteiger partial charge in [0.05, 0.1) is 16.7 Å². The number of aryl methyl sites for hydroxylation is 1. The Hall–Kier alpha value is -4.28. The monoisotopic (exact) mass is 523 g/mol. The number of imidazole rings is 1. The second-order valence-electron chi connectivity index (χ2n) is 11.2. The molecule has 0 bridgehead atoms. The van der Waals surface area contributed by atoms with Crippen molar-refractivity contribution >= 4 is 42.7 Å². The van der Waals surface area contributed by atoms with E-state index in [2.05, 4.69) is 135 Å². The minimum absolute atomic E-state index is 0.0756. The number of thiophene rings is 1. The SMILES string of the molecule is Cc1ccc2c(n1)sc1c(-c3nc4ccccc4n3-c3c(-c4ccccc4)cccc3C(C)(C)C)cccc12. The molecule has 0 aliphatic carbocycles. The number of pyridine rings is 1. The summed E-state index contributed by atoms with van der Waals surface area (Å²) < 4.78 is 3.62. The van der Waals surface area contributed by atoms with Crippen molar-refractivity contribution in [2.75, 3.05) is 0 Å². The molecule has 3 aromatic heterocycles. The molecule has 0 spiro atoms. The number of fused-ring (bicyclic) bond motifs is 4. The summed E-state index contributed by atoms with van der Waals surface area (Å²) in [6.07, 6.45) is 0. The predicted molar refractivity (Wildman–Crippen MR) is 166 cm³/mol. The Labute approximate surface area is 232 Å². The molecular formula is C35H29N3S. The first kappa shape index (κ1) is 23.8. The average Bonchev–Trinajstić information content (AvgIpc) is 3.50. The predicted octanol–water partition coefficient (Wildman–Crippen LogP) is 9.73. The molecular weight excluding hydrogens is 494 g/mol. The number of aromatic nitrogens is 3. The summed E-state index contributed by atoms with van der Waals surface area (Å²) in [5, 5.41) is 2.43. The maximum Gasteiger partial charge on any atom is 0.147 e. The van der Waals surface area contributed by atoms with Gasteiger partial charge in [-0.1, -0.05) is 93.6 Å². The first-order valence-corrected chi connectivity index (χ1v) is 14.2. The normalized spacial score (nSPS) is 12.1. The lowest BCUT2D eigenvalue weighted by molar-refractivity contribution is 0.587. The van der Waals surface area contributed by atoms with Gasteiger partial charge in [0, 0.05) is 32.3 Å². The molecule has 0 fully saturated rings. The summed E-state index contributed by atoms with van der Waals surface area (Å²) in [4.78, 5) is 11.2. The van der Waals surface area contributed by atoms with Crippen molar-refractivity contribution in [1.29, 1.82) is 0 Å². The number of benzene rings is 4. The highest BCUT2D eigenvalue weighted by Crippen LogP contribution is 2.43. The topological polar surface area (TPSA) is 30.7 Å². The van der Waals surface area contributed by atoms with E-state index in [0.29, 0.717) is 0 Å². The van der Waals surface area contributed by atoms with E-state index in [0.717, 1.165) is 32.9 Å². The zero-order valence-electron chi connectivity index (χ0n) is 22.6. The van der Waals surface area contributed by atoms with Crippen molar-refractivity contribution in [3.63, 3.8) is 0 Å². The second-order valence-corrected chi connectivity index (χ2v) is 12.2. The van der Waals surface area contributed by atoms with Crippen molar-refractivity contribution in [1.82, 2.24) is 14.5 Å². The molecule has 0 saturated heterocycles. The van der Waals surface area contributed by atoms with E-state index in [9.17, 15) is 0 Å². The summed E-state index contributed by atoms with van der Waals surface area (Å²) in [7, 11) is 0. The third-order valence-corrected chi connectivity index (χ3v) is 8.61. The summed E-state index contributed by atoms with van der Waals surface area (Å²) >= 11 is 1.76. The molecule has 4 heteroatoms. The molecule has 0 unspecified atom stereocenters. The summed E-state index contributed by atoms with van der Waals surface area (Å²) in [5.74, 6) is 0.957. The Kier molecular flexibility index (Phi) is 5.43. The van der Waals surface area contributed by atoms with Crippen LogP contribution in [0.2, 0.25) is 0 Å². The van der Waals surface area contributed by atoms with Gasteiger partial charge in [0.1, 0.15) is 10.7 Å². The van der Waals surface area contributed by atoms with E-state index in [1.807, 2.05) is 0 Å². The van der Waals surface area contributed by atoms with Crippen LogP contribution in [0, 0.1) is 6.92 Å². The van der Waals surface area contributed by atoms with Gasteiger partial charge in [-0.2, -0.15) is 0 Å². The lowest BCUT2D eigenvalue weighted by Crippen LogP contribution is -2.16. The smallest absolute Gasteiger partial charge is 0.147 e. The van der Waals surface area contributed by atoms with Gasteiger partial charge in [-0.25, -0.2) is 9.97 Å². The fraction of sp³-hybridized carbons (Fsp3) is 0.143. The van der Waals surface area contributed by atoms with E-state index in [4.69, 9.17) is 9.97 Å². The molecule has 0 aliphatic rings. The molecule has 3 heterocycles. The van der Waals surface area contributed by atoms with Gasteiger partial charge in [0.2, 0.25) is 0 Å². The van der Waals surface area contributed by atoms with Crippen LogP contribution in [-0.4, -0.2) is 14.5 Å². The molecule has 0 radical (unpaired) electrons. The second kappa shape index (κ2) is 8.89. The molecule has 0 atom stereocenters. The van der Waals surface area contributed by atoms with Gasteiger partial charge in [0.25, 0.3) is 0 Å². The van der Waals surface area contributed by atoms with E-state index in [-0.39, 0.29) is 5.41 Å². The Morgan fingerprint density at radius 2 is 1.41 bits per heavy atom. The molecule has 7 rings (SSSR count). The van der Waals surface area contributed by atoms with Gasteiger partial charge in [-0.3, -0.25) is 4.57 Å². The molecule has 0 N–H and O–H groups in total. The van der Waals surface area contributed by atoms with Crippen LogP contribution in [0.1, 0.15) is 32.0 Å². The highest BCUT2D eigenvalue weighted by Gasteiger charge is 2.26. The number of para-hydroxylation sites is 3. The van der Waals surface area contributed by atoms with Crippen molar-refractivity contribution in [3.05, 3.63) is 114 Å². The van der Waals surface area contributed by atoms with Crippen molar-refractivity contribution in [2.24, 2.45) is 0 Å². The Morgan fingerprint density at radius 1 is 0.667 bits per heavy atom. The third kappa shape index (κ3) is 3.86. The van der Waals surface area contributed by atoms with Crippen LogP contribution in [0.3, 0.4) is 0 Å². The lowest BCUT2D eigenvalue weighted by atomic mass is 9.83. The number of nitrogens with zero attached hydrogens (tertiary/aromatic N) is 3. The Morgan fingerprint density at radius 3 is 2.23 bits per heavy atom. The molecule has 3 nitrogen and oxygen atoms in total. The Bertz CT molecular complexity index is 2010. The van der Waals surface area contributed by atoms with E-state index < -0.39 is 0 Å². The third-order valence-electron chi connectivity index (χ3n) is 7.46. The van der Waals surface area contributed by atoms with Gasteiger partial charge >= 0.3 is 0 Å². The first-order chi connectivity index (χ1) is 18.9. The number of hydrogen-bond acceptors (Lipinski definition) is 3. The van der Waals surface area contributed by atoms with E-state index >= 15 is 0 Å². The van der Waals surface area contributed by atoms with E-state index in [1.165, 1.54) is 37.9 Å². The maximum atomic E-state index is 5.30. The highest BCUT2D eigenvalue weighted by atomic mass is 32.1. The molecule has 7 aromatic rings. The van der Waals surface area contributed by atoms with Crippen LogP contribution in [0.5, 0.6) is 0 Å². The number of hydrogen-bond donors (Lipinski definition) is 0. The standard InChI is InChI=1S/C35H29N3S/c1-22-20-21-26-25-15-10-16-27(32(25)39-34(26)36-22)33-37-29-18-8-9-19-30(29)38(33)31-24(23-12-6-5-7-13-23)14-11-17-28(31)35(2,3)4/h5-21H,1-4H3. The molecule has 190 valence electrons. The van der Waals surface area contributed by atoms with Gasteiger partial charge in [-0.05, 0) is 53.8 Å².